The molecule has 28 heavy (non-hydrogen) atoms. The van der Waals surface area contributed by atoms with Gasteiger partial charge in [-0.25, -0.2) is 19.4 Å². The van der Waals surface area contributed by atoms with E-state index in [0.717, 1.165) is 0 Å². The van der Waals surface area contributed by atoms with Crippen molar-refractivity contribution in [1.29, 1.82) is 0 Å². The second-order valence-electron chi connectivity index (χ2n) is 5.71. The molecule has 158 valence electrons. The maximum absolute atomic E-state index is 12.1. The van der Waals surface area contributed by atoms with Crippen molar-refractivity contribution in [2.45, 2.75) is 37.4 Å². The third-order valence-corrected chi connectivity index (χ3v) is 4.13. The predicted molar refractivity (Wildman–Crippen MR) is 78.4 cm³/mol. The zero-order valence-electron chi connectivity index (χ0n) is 13.9. The summed E-state index contributed by atoms with van der Waals surface area (Å²) >= 11 is 0. The molecule has 16 nitrogen and oxygen atoms in total. The van der Waals surface area contributed by atoms with Crippen molar-refractivity contribution in [1.82, 2.24) is 19.6 Å². The minimum Gasteiger partial charge on any atom is -0.387 e. The standard InChI is InChI=1S/C12H18N4O12/c17-1-3(19)13-5(21)7(23)15(11(13)27)9(25)10(26)16-8(24)6(22)14(12(16)28)4(20)2-18/h5-10,17-18,21-26H,1-2H2. The highest BCUT2D eigenvalue weighted by Crippen LogP contribution is 2.28. The van der Waals surface area contributed by atoms with Crippen LogP contribution in [0.3, 0.4) is 0 Å². The summed E-state index contributed by atoms with van der Waals surface area (Å²) in [6.45, 7) is -2.48. The Balaban J connectivity index is 2.28. The lowest BCUT2D eigenvalue weighted by Gasteiger charge is -2.34. The molecule has 2 saturated heterocycles. The normalized spacial score (nSPS) is 30.3. The average molecular weight is 410 g/mol. The van der Waals surface area contributed by atoms with E-state index in [9.17, 15) is 49.8 Å². The number of rotatable bonds is 5. The van der Waals surface area contributed by atoms with E-state index in [4.69, 9.17) is 10.2 Å². The van der Waals surface area contributed by atoms with Crippen LogP contribution in [0.2, 0.25) is 0 Å². The lowest BCUT2D eigenvalue weighted by Crippen LogP contribution is -2.58. The van der Waals surface area contributed by atoms with Crippen molar-refractivity contribution < 1.29 is 60.0 Å². The Hall–Kier alpha value is -2.44. The van der Waals surface area contributed by atoms with E-state index < -0.39 is 74.5 Å². The summed E-state index contributed by atoms with van der Waals surface area (Å²) in [6, 6.07) is -3.12. The van der Waals surface area contributed by atoms with Gasteiger partial charge in [0.2, 0.25) is 0 Å². The summed E-state index contributed by atoms with van der Waals surface area (Å²) in [5, 5.41) is 77.1. The van der Waals surface area contributed by atoms with E-state index in [1.54, 1.807) is 0 Å². The molecule has 6 amide bonds. The molecule has 0 saturated carbocycles. The van der Waals surface area contributed by atoms with E-state index in [1.165, 1.54) is 0 Å². The predicted octanol–water partition coefficient (Wildman–Crippen LogP) is -6.59. The average Bonchev–Trinajstić information content (AvgIpc) is 3.02. The molecule has 2 fully saturated rings. The van der Waals surface area contributed by atoms with Crippen molar-refractivity contribution >= 4 is 23.9 Å². The first-order chi connectivity index (χ1) is 13.0. The van der Waals surface area contributed by atoms with Gasteiger partial charge in [0.15, 0.2) is 37.4 Å². The van der Waals surface area contributed by atoms with Crippen LogP contribution in [-0.4, -0.2) is 135 Å². The van der Waals surface area contributed by atoms with Gasteiger partial charge in [0.25, 0.3) is 11.8 Å². The molecule has 6 unspecified atom stereocenters. The number of aliphatic hydroxyl groups excluding tert-OH is 8. The lowest BCUT2D eigenvalue weighted by atomic mass is 10.3. The fraction of sp³-hybridized carbons (Fsp3) is 0.667. The monoisotopic (exact) mass is 410 g/mol. The molecule has 2 heterocycles. The lowest BCUT2D eigenvalue weighted by molar-refractivity contribution is -0.190. The zero-order valence-corrected chi connectivity index (χ0v) is 13.9. The van der Waals surface area contributed by atoms with Crippen molar-refractivity contribution in [3.63, 3.8) is 0 Å². The van der Waals surface area contributed by atoms with Crippen molar-refractivity contribution in [2.24, 2.45) is 0 Å². The quantitative estimate of drug-likeness (QED) is 0.211. The molecule has 2 aliphatic rings. The first-order valence-electron chi connectivity index (χ1n) is 7.60. The highest BCUT2D eigenvalue weighted by molar-refractivity contribution is 5.98. The van der Waals surface area contributed by atoms with Gasteiger partial charge in [0.05, 0.1) is 0 Å². The minimum atomic E-state index is -2.57. The summed E-state index contributed by atoms with van der Waals surface area (Å²) in [4.78, 5) is 47.1. The molecule has 2 rings (SSSR count). The number of amides is 6. The number of carbonyl (C=O) groups is 4. The van der Waals surface area contributed by atoms with Crippen LogP contribution in [0.4, 0.5) is 9.59 Å². The maximum Gasteiger partial charge on any atom is 0.333 e. The molecule has 0 bridgehead atoms. The molecule has 0 aromatic carbocycles. The number of nitrogens with zero attached hydrogens (tertiary/aromatic N) is 4. The Morgan fingerprint density at radius 1 is 0.714 bits per heavy atom. The Morgan fingerprint density at radius 3 is 1.25 bits per heavy atom. The van der Waals surface area contributed by atoms with Crippen molar-refractivity contribution in [2.75, 3.05) is 13.2 Å². The van der Waals surface area contributed by atoms with Crippen molar-refractivity contribution in [3.05, 3.63) is 0 Å². The molecular weight excluding hydrogens is 392 g/mol. The van der Waals surface area contributed by atoms with E-state index in [2.05, 4.69) is 0 Å². The third kappa shape index (κ3) is 3.16. The highest BCUT2D eigenvalue weighted by atomic mass is 16.4. The minimum absolute atomic E-state index is 0.0285. The van der Waals surface area contributed by atoms with Gasteiger partial charge in [-0.3, -0.25) is 19.4 Å². The van der Waals surface area contributed by atoms with E-state index in [-0.39, 0.29) is 19.6 Å². The molecule has 0 radical (unpaired) electrons. The van der Waals surface area contributed by atoms with E-state index in [0.29, 0.717) is 0 Å². The number of hydrogen-bond acceptors (Lipinski definition) is 12. The summed E-state index contributed by atoms with van der Waals surface area (Å²) < 4.78 is 0. The Morgan fingerprint density at radius 2 is 1.00 bits per heavy atom. The summed E-state index contributed by atoms with van der Waals surface area (Å²) in [6.07, 6.45) is -14.2. The van der Waals surface area contributed by atoms with Gasteiger partial charge in [-0.2, -0.15) is 0 Å². The first-order valence-corrected chi connectivity index (χ1v) is 7.60. The fourth-order valence-electron chi connectivity index (χ4n) is 2.74. The largest absolute Gasteiger partial charge is 0.387 e. The van der Waals surface area contributed by atoms with Gasteiger partial charge in [0.1, 0.15) is 13.2 Å². The Labute approximate surface area is 155 Å². The third-order valence-electron chi connectivity index (χ3n) is 4.13. The van der Waals surface area contributed by atoms with Gasteiger partial charge in [-0.05, 0) is 0 Å². The van der Waals surface area contributed by atoms with Crippen LogP contribution in [-0.2, 0) is 9.59 Å². The molecule has 0 aromatic heterocycles. The topological polar surface area (TPSA) is 243 Å². The second kappa shape index (κ2) is 7.89. The zero-order chi connectivity index (χ0) is 21.5. The van der Waals surface area contributed by atoms with Gasteiger partial charge in [-0.1, -0.05) is 0 Å². The fourth-order valence-corrected chi connectivity index (χ4v) is 2.74. The van der Waals surface area contributed by atoms with Crippen molar-refractivity contribution in [3.8, 4) is 0 Å². The van der Waals surface area contributed by atoms with Crippen LogP contribution in [0, 0.1) is 0 Å². The number of urea groups is 2. The molecule has 0 aliphatic carbocycles. The smallest absolute Gasteiger partial charge is 0.333 e. The molecular formula is C12H18N4O12. The molecule has 16 heteroatoms. The molecule has 0 spiro atoms. The Kier molecular flexibility index (Phi) is 6.16. The number of aliphatic hydroxyl groups is 8. The van der Waals surface area contributed by atoms with Crippen LogP contribution in [0.5, 0.6) is 0 Å². The van der Waals surface area contributed by atoms with Crippen LogP contribution < -0.4 is 0 Å². The van der Waals surface area contributed by atoms with Crippen LogP contribution in [0.1, 0.15) is 0 Å². The molecule has 0 aromatic rings. The van der Waals surface area contributed by atoms with E-state index in [1.807, 2.05) is 0 Å². The first kappa shape index (κ1) is 21.9. The van der Waals surface area contributed by atoms with Gasteiger partial charge in [0, 0.05) is 0 Å². The summed E-state index contributed by atoms with van der Waals surface area (Å²) in [5.41, 5.74) is 0. The van der Waals surface area contributed by atoms with Gasteiger partial charge >= 0.3 is 12.1 Å². The van der Waals surface area contributed by atoms with Gasteiger partial charge < -0.3 is 40.9 Å². The summed E-state index contributed by atoms with van der Waals surface area (Å²) in [5.74, 6) is -2.71. The Bertz CT molecular complexity index is 619. The van der Waals surface area contributed by atoms with Crippen LogP contribution in [0.25, 0.3) is 0 Å². The summed E-state index contributed by atoms with van der Waals surface area (Å²) in [7, 11) is 0. The number of carbonyl (C=O) groups excluding carboxylic acids is 4. The number of hydrogen-bond donors (Lipinski definition) is 8. The van der Waals surface area contributed by atoms with Crippen LogP contribution in [0.15, 0.2) is 0 Å². The second-order valence-corrected chi connectivity index (χ2v) is 5.71. The maximum atomic E-state index is 12.1. The van der Waals surface area contributed by atoms with E-state index >= 15 is 0 Å². The van der Waals surface area contributed by atoms with Gasteiger partial charge in [-0.15, -0.1) is 0 Å². The number of imide groups is 2. The molecule has 8 N–H and O–H groups in total. The SMILES string of the molecule is O=C(CO)N1C(=O)N(C(O)C(O)N2C(=O)N(C(=O)CO)C(O)C2O)C(O)C1O. The highest BCUT2D eigenvalue weighted by Gasteiger charge is 2.56. The molecule has 2 aliphatic heterocycles. The van der Waals surface area contributed by atoms with Crippen LogP contribution >= 0.6 is 0 Å². The molecule has 6 atom stereocenters.